The van der Waals surface area contributed by atoms with E-state index in [0.29, 0.717) is 16.8 Å². The summed E-state index contributed by atoms with van der Waals surface area (Å²) in [6.45, 7) is 0. The van der Waals surface area contributed by atoms with Gasteiger partial charge in [-0.2, -0.15) is 0 Å². The molecule has 0 aromatic rings. The molecule has 13 heavy (non-hydrogen) atoms. The number of carbonyl (C=O) groups is 1. The lowest BCUT2D eigenvalue weighted by atomic mass is 10.2. The topological polar surface area (TPSA) is 29.1 Å². The first-order valence-electron chi connectivity index (χ1n) is 5.19. The molecule has 2 saturated carbocycles. The molecule has 2 rings (SSSR count). The number of alkyl halides is 1. The summed E-state index contributed by atoms with van der Waals surface area (Å²) >= 11 is 3.60. The fraction of sp³-hybridized carbons (Fsp3) is 0.900. The summed E-state index contributed by atoms with van der Waals surface area (Å²) < 4.78 is 0. The first-order valence-corrected chi connectivity index (χ1v) is 6.10. The highest BCUT2D eigenvalue weighted by Crippen LogP contribution is 2.32. The number of carbonyl (C=O) groups excluding carboxylic acids is 1. The van der Waals surface area contributed by atoms with Crippen molar-refractivity contribution < 1.29 is 4.79 Å². The van der Waals surface area contributed by atoms with Crippen molar-refractivity contribution in [2.45, 2.75) is 49.4 Å². The molecule has 0 saturated heterocycles. The third kappa shape index (κ3) is 2.70. The van der Waals surface area contributed by atoms with Crippen LogP contribution in [0.3, 0.4) is 0 Å². The largest absolute Gasteiger partial charge is 0.352 e. The van der Waals surface area contributed by atoms with E-state index in [1.807, 2.05) is 0 Å². The average molecular weight is 246 g/mol. The van der Waals surface area contributed by atoms with Gasteiger partial charge >= 0.3 is 0 Å². The Hall–Kier alpha value is -0.0500. The lowest BCUT2D eigenvalue weighted by molar-refractivity contribution is -0.122. The van der Waals surface area contributed by atoms with E-state index < -0.39 is 0 Å². The summed E-state index contributed by atoms with van der Waals surface area (Å²) in [7, 11) is 0. The van der Waals surface area contributed by atoms with Crippen LogP contribution in [-0.2, 0) is 4.79 Å². The lowest BCUT2D eigenvalue weighted by Crippen LogP contribution is -2.37. The van der Waals surface area contributed by atoms with Crippen molar-refractivity contribution in [1.82, 2.24) is 5.32 Å². The second-order valence-electron chi connectivity index (χ2n) is 4.27. The van der Waals surface area contributed by atoms with Crippen molar-refractivity contribution in [1.29, 1.82) is 0 Å². The van der Waals surface area contributed by atoms with Crippen LogP contribution in [0, 0.1) is 5.92 Å². The molecule has 0 bridgehead atoms. The highest BCUT2D eigenvalue weighted by atomic mass is 79.9. The maximum atomic E-state index is 11.5. The third-order valence-corrected chi connectivity index (χ3v) is 4.04. The molecule has 0 aromatic carbocycles. The van der Waals surface area contributed by atoms with Gasteiger partial charge in [0, 0.05) is 17.3 Å². The van der Waals surface area contributed by atoms with Crippen molar-refractivity contribution in [3.63, 3.8) is 0 Å². The van der Waals surface area contributed by atoms with Gasteiger partial charge in [0.25, 0.3) is 0 Å². The maximum Gasteiger partial charge on any atom is 0.220 e. The van der Waals surface area contributed by atoms with E-state index in [-0.39, 0.29) is 5.91 Å². The molecule has 1 N–H and O–H groups in total. The molecule has 0 aromatic heterocycles. The average Bonchev–Trinajstić information content (AvgIpc) is 2.79. The molecule has 0 spiro atoms. The van der Waals surface area contributed by atoms with E-state index in [1.54, 1.807) is 0 Å². The molecule has 74 valence electrons. The zero-order valence-electron chi connectivity index (χ0n) is 7.76. The molecule has 0 aliphatic heterocycles. The van der Waals surface area contributed by atoms with Crippen molar-refractivity contribution in [3.05, 3.63) is 0 Å². The highest BCUT2D eigenvalue weighted by molar-refractivity contribution is 9.09. The summed E-state index contributed by atoms with van der Waals surface area (Å²) in [5.41, 5.74) is 0. The number of hydrogen-bond donors (Lipinski definition) is 1. The van der Waals surface area contributed by atoms with Gasteiger partial charge in [-0.25, -0.2) is 0 Å². The van der Waals surface area contributed by atoms with Crippen LogP contribution in [0.2, 0.25) is 0 Å². The van der Waals surface area contributed by atoms with Gasteiger partial charge in [0.2, 0.25) is 5.91 Å². The smallest absolute Gasteiger partial charge is 0.220 e. The monoisotopic (exact) mass is 245 g/mol. The molecular formula is C10H16BrNO. The highest BCUT2D eigenvalue weighted by Gasteiger charge is 2.29. The zero-order chi connectivity index (χ0) is 9.26. The van der Waals surface area contributed by atoms with Crippen LogP contribution in [0.25, 0.3) is 0 Å². The Labute approximate surface area is 87.6 Å². The van der Waals surface area contributed by atoms with Gasteiger partial charge in [-0.1, -0.05) is 22.4 Å². The van der Waals surface area contributed by atoms with Crippen LogP contribution in [0.15, 0.2) is 0 Å². The predicted molar refractivity (Wildman–Crippen MR) is 55.8 cm³/mol. The van der Waals surface area contributed by atoms with Gasteiger partial charge < -0.3 is 5.32 Å². The Morgan fingerprint density at radius 2 is 2.08 bits per heavy atom. The number of halogens is 1. The summed E-state index contributed by atoms with van der Waals surface area (Å²) in [5.74, 6) is 0.967. The fourth-order valence-corrected chi connectivity index (χ4v) is 2.65. The molecule has 3 heteroatoms. The molecule has 2 nitrogen and oxygen atoms in total. The standard InChI is InChI=1S/C10H16BrNO/c11-8-2-1-3-9(8)12-10(13)6-7-4-5-7/h7-9H,1-6H2,(H,12,13). The molecule has 2 aliphatic rings. The van der Waals surface area contributed by atoms with Gasteiger partial charge in [0.1, 0.15) is 0 Å². The molecule has 2 atom stereocenters. The summed E-state index contributed by atoms with van der Waals surface area (Å²) in [6.07, 6.45) is 6.87. The minimum atomic E-state index is 0.263. The molecule has 2 unspecified atom stereocenters. The normalized spacial score (nSPS) is 33.3. The van der Waals surface area contributed by atoms with Gasteiger partial charge in [0.15, 0.2) is 0 Å². The van der Waals surface area contributed by atoms with Crippen molar-refractivity contribution >= 4 is 21.8 Å². The fourth-order valence-electron chi connectivity index (χ4n) is 1.93. The van der Waals surface area contributed by atoms with Crippen LogP contribution >= 0.6 is 15.9 Å². The second-order valence-corrected chi connectivity index (χ2v) is 5.44. The van der Waals surface area contributed by atoms with Crippen LogP contribution < -0.4 is 5.32 Å². The van der Waals surface area contributed by atoms with E-state index in [0.717, 1.165) is 12.8 Å². The van der Waals surface area contributed by atoms with E-state index >= 15 is 0 Å². The minimum Gasteiger partial charge on any atom is -0.352 e. The van der Waals surface area contributed by atoms with E-state index in [2.05, 4.69) is 21.2 Å². The van der Waals surface area contributed by atoms with Crippen molar-refractivity contribution in [3.8, 4) is 0 Å². The Morgan fingerprint density at radius 1 is 1.31 bits per heavy atom. The van der Waals surface area contributed by atoms with Gasteiger partial charge in [0.05, 0.1) is 0 Å². The zero-order valence-corrected chi connectivity index (χ0v) is 9.35. The predicted octanol–water partition coefficient (Wildman–Crippen LogP) is 2.22. The molecule has 1 amide bonds. The van der Waals surface area contributed by atoms with E-state index in [1.165, 1.54) is 25.7 Å². The molecule has 0 heterocycles. The first-order chi connectivity index (χ1) is 6.25. The van der Waals surface area contributed by atoms with Crippen LogP contribution in [0.4, 0.5) is 0 Å². The number of hydrogen-bond acceptors (Lipinski definition) is 1. The SMILES string of the molecule is O=C(CC1CC1)NC1CCCC1Br. The Kier molecular flexibility index (Phi) is 2.92. The van der Waals surface area contributed by atoms with Crippen LogP contribution in [0.5, 0.6) is 0 Å². The second kappa shape index (κ2) is 3.99. The summed E-state index contributed by atoms with van der Waals surface area (Å²) in [6, 6.07) is 0.395. The minimum absolute atomic E-state index is 0.263. The van der Waals surface area contributed by atoms with E-state index in [9.17, 15) is 4.79 Å². The van der Waals surface area contributed by atoms with E-state index in [4.69, 9.17) is 0 Å². The maximum absolute atomic E-state index is 11.5. The Morgan fingerprint density at radius 3 is 2.62 bits per heavy atom. The Balaban J connectivity index is 1.72. The Bertz CT molecular complexity index is 203. The third-order valence-electron chi connectivity index (χ3n) is 2.95. The number of amides is 1. The van der Waals surface area contributed by atoms with Gasteiger partial charge in [-0.05, 0) is 31.6 Å². The number of nitrogens with one attached hydrogen (secondary N) is 1. The van der Waals surface area contributed by atoms with Crippen LogP contribution in [0.1, 0.15) is 38.5 Å². The lowest BCUT2D eigenvalue weighted by Gasteiger charge is -2.15. The molecular weight excluding hydrogens is 230 g/mol. The van der Waals surface area contributed by atoms with Crippen molar-refractivity contribution in [2.24, 2.45) is 5.92 Å². The van der Waals surface area contributed by atoms with Crippen LogP contribution in [-0.4, -0.2) is 16.8 Å². The van der Waals surface area contributed by atoms with Gasteiger partial charge in [-0.3, -0.25) is 4.79 Å². The van der Waals surface area contributed by atoms with Gasteiger partial charge in [-0.15, -0.1) is 0 Å². The number of rotatable bonds is 3. The molecule has 2 aliphatic carbocycles. The molecule has 0 radical (unpaired) electrons. The van der Waals surface area contributed by atoms with Crippen molar-refractivity contribution in [2.75, 3.05) is 0 Å². The summed E-state index contributed by atoms with van der Waals surface area (Å²) in [4.78, 5) is 12.0. The summed E-state index contributed by atoms with van der Waals surface area (Å²) in [5, 5.41) is 3.11. The molecule has 2 fully saturated rings. The quantitative estimate of drug-likeness (QED) is 0.760. The first kappa shape index (κ1) is 9.50.